The van der Waals surface area contributed by atoms with Crippen molar-refractivity contribution in [2.45, 2.75) is 50.0 Å². The molecule has 0 amide bonds. The zero-order valence-corrected chi connectivity index (χ0v) is 30.5. The number of sulfonamides is 1. The van der Waals surface area contributed by atoms with E-state index in [-0.39, 0.29) is 59.1 Å². The van der Waals surface area contributed by atoms with Crippen LogP contribution in [0.3, 0.4) is 0 Å². The maximum atomic E-state index is 13.9. The van der Waals surface area contributed by atoms with Gasteiger partial charge in [-0.2, -0.15) is 8.42 Å². The molecular weight excluding hydrogens is 732 g/mol. The van der Waals surface area contributed by atoms with E-state index < -0.39 is 32.3 Å². The normalized spacial score (nSPS) is 18.5. The number of hydrogen-bond donors (Lipinski definition) is 1. The number of cyclic esters (lactones) is 1. The largest absolute Gasteiger partial charge is 0.458 e. The molecule has 0 saturated carbocycles. The Hall–Kier alpha value is -5.84. The summed E-state index contributed by atoms with van der Waals surface area (Å²) in [7, 11) is -4.26. The van der Waals surface area contributed by atoms with Crippen molar-refractivity contribution in [3.8, 4) is 11.4 Å². The van der Waals surface area contributed by atoms with Crippen LogP contribution in [0.2, 0.25) is 0 Å². The summed E-state index contributed by atoms with van der Waals surface area (Å²) in [6.45, 7) is 4.05. The smallest absolute Gasteiger partial charge is 0.343 e. The van der Waals surface area contributed by atoms with Gasteiger partial charge in [0, 0.05) is 67.8 Å². The molecule has 1 atom stereocenters. The molecule has 282 valence electrons. The molecule has 1 saturated heterocycles. The number of halogens is 1. The van der Waals surface area contributed by atoms with Gasteiger partial charge in [0.05, 0.1) is 38.8 Å². The van der Waals surface area contributed by atoms with Crippen molar-refractivity contribution >= 4 is 38.4 Å². The van der Waals surface area contributed by atoms with Crippen LogP contribution < -0.4 is 5.56 Å². The highest BCUT2D eigenvalue weighted by Crippen LogP contribution is 2.40. The van der Waals surface area contributed by atoms with Crippen LogP contribution in [0.25, 0.3) is 22.3 Å². The Bertz CT molecular complexity index is 2590. The minimum Gasteiger partial charge on any atom is -0.458 e. The molecular formula is C39H35FN6O8S. The number of pyridine rings is 2. The molecule has 0 radical (unpaired) electrons. The molecule has 1 N–H and O–H groups in total. The number of piperazine rings is 1. The Morgan fingerprint density at radius 1 is 1.02 bits per heavy atom. The predicted octanol–water partition coefficient (Wildman–Crippen LogP) is 4.27. The van der Waals surface area contributed by atoms with Gasteiger partial charge < -0.3 is 19.3 Å². The van der Waals surface area contributed by atoms with Gasteiger partial charge in [-0.05, 0) is 53.9 Å². The van der Waals surface area contributed by atoms with Crippen LogP contribution in [-0.4, -0.2) is 75.8 Å². The first-order chi connectivity index (χ1) is 26.4. The Labute approximate surface area is 314 Å². The van der Waals surface area contributed by atoms with E-state index in [1.807, 2.05) is 29.2 Å². The van der Waals surface area contributed by atoms with E-state index in [1.165, 1.54) is 12.1 Å². The van der Waals surface area contributed by atoms with Crippen LogP contribution in [0.4, 0.5) is 10.1 Å². The average Bonchev–Trinajstić information content (AvgIpc) is 3.56. The number of ether oxygens (including phenoxy) is 1. The van der Waals surface area contributed by atoms with E-state index in [0.29, 0.717) is 49.7 Å². The summed E-state index contributed by atoms with van der Waals surface area (Å²) >= 11 is 0. The number of esters is 1. The van der Waals surface area contributed by atoms with Gasteiger partial charge in [0.15, 0.2) is 5.60 Å². The van der Waals surface area contributed by atoms with Crippen LogP contribution in [0.5, 0.6) is 0 Å². The number of nitro groups is 1. The molecule has 5 aromatic rings. The molecule has 14 nitrogen and oxygen atoms in total. The van der Waals surface area contributed by atoms with Crippen molar-refractivity contribution in [1.82, 2.24) is 19.4 Å². The second-order valence-corrected chi connectivity index (χ2v) is 15.4. The summed E-state index contributed by atoms with van der Waals surface area (Å²) in [5.74, 6) is -0.956. The lowest BCUT2D eigenvalue weighted by Crippen LogP contribution is -2.49. The van der Waals surface area contributed by atoms with E-state index in [9.17, 15) is 37.6 Å². The van der Waals surface area contributed by atoms with E-state index in [0.717, 1.165) is 46.3 Å². The Kier molecular flexibility index (Phi) is 9.06. The zero-order chi connectivity index (χ0) is 38.6. The quantitative estimate of drug-likeness (QED) is 0.0770. The van der Waals surface area contributed by atoms with Gasteiger partial charge in [-0.1, -0.05) is 37.3 Å². The Balaban J connectivity index is 1.10. The van der Waals surface area contributed by atoms with Gasteiger partial charge in [-0.25, -0.2) is 14.2 Å². The SMILES string of the molecule is CC[C@@]1(O)C(=O)OCc2c1cc1n(c2=O)Cc2c-1nc1ccccc1c2CN1CCN(C(Cc2ccc(F)cc2)=NS(=O)(=O)c2ccc([N+](=O)[O-])cc2)CC1. The van der Waals surface area contributed by atoms with Crippen molar-refractivity contribution in [2.24, 2.45) is 4.40 Å². The lowest BCUT2D eigenvalue weighted by atomic mass is 9.86. The fourth-order valence-corrected chi connectivity index (χ4v) is 8.64. The molecule has 3 aliphatic heterocycles. The van der Waals surface area contributed by atoms with Crippen molar-refractivity contribution in [1.29, 1.82) is 0 Å². The number of aliphatic hydroxyl groups is 1. The Morgan fingerprint density at radius 2 is 1.73 bits per heavy atom. The molecule has 16 heteroatoms. The molecule has 3 aliphatic rings. The molecule has 1 fully saturated rings. The van der Waals surface area contributed by atoms with E-state index in [1.54, 1.807) is 29.7 Å². The monoisotopic (exact) mass is 766 g/mol. The minimum absolute atomic E-state index is 0.0380. The molecule has 2 aromatic heterocycles. The highest BCUT2D eigenvalue weighted by molar-refractivity contribution is 7.90. The molecule has 8 rings (SSSR count). The molecule has 55 heavy (non-hydrogen) atoms. The number of non-ortho nitro benzene ring substituents is 1. The number of nitro benzene ring substituents is 1. The number of carbonyl (C=O) groups is 1. The summed E-state index contributed by atoms with van der Waals surface area (Å²) < 4.78 is 51.8. The zero-order valence-electron chi connectivity index (χ0n) is 29.6. The summed E-state index contributed by atoms with van der Waals surface area (Å²) in [5, 5.41) is 23.4. The average molecular weight is 767 g/mol. The lowest BCUT2D eigenvalue weighted by molar-refractivity contribution is -0.384. The summed E-state index contributed by atoms with van der Waals surface area (Å²) in [6.07, 6.45) is 0.145. The maximum Gasteiger partial charge on any atom is 0.343 e. The summed E-state index contributed by atoms with van der Waals surface area (Å²) in [4.78, 5) is 46.0. The molecule has 5 heterocycles. The highest BCUT2D eigenvalue weighted by atomic mass is 32.2. The van der Waals surface area contributed by atoms with Gasteiger partial charge in [-0.15, -0.1) is 4.40 Å². The number of amidine groups is 1. The number of rotatable bonds is 8. The van der Waals surface area contributed by atoms with Gasteiger partial charge in [0.2, 0.25) is 0 Å². The minimum atomic E-state index is -4.26. The van der Waals surface area contributed by atoms with Crippen molar-refractivity contribution in [3.63, 3.8) is 0 Å². The van der Waals surface area contributed by atoms with E-state index in [2.05, 4.69) is 9.30 Å². The first-order valence-electron chi connectivity index (χ1n) is 17.7. The van der Waals surface area contributed by atoms with Crippen LogP contribution in [0.15, 0.2) is 93.0 Å². The summed E-state index contributed by atoms with van der Waals surface area (Å²) in [5.41, 5.74) is 2.32. The number of hydrogen-bond acceptors (Lipinski definition) is 10. The van der Waals surface area contributed by atoms with E-state index >= 15 is 0 Å². The maximum absolute atomic E-state index is 13.9. The van der Waals surface area contributed by atoms with Gasteiger partial charge in [0.25, 0.3) is 21.3 Å². The van der Waals surface area contributed by atoms with Crippen LogP contribution in [0.1, 0.15) is 41.2 Å². The fourth-order valence-electron chi connectivity index (χ4n) is 7.60. The third-order valence-corrected chi connectivity index (χ3v) is 12.0. The molecule has 0 spiro atoms. The van der Waals surface area contributed by atoms with Crippen molar-refractivity contribution < 1.29 is 32.4 Å². The van der Waals surface area contributed by atoms with Gasteiger partial charge in [-0.3, -0.25) is 19.8 Å². The van der Waals surface area contributed by atoms with Crippen LogP contribution in [-0.2, 0) is 51.3 Å². The van der Waals surface area contributed by atoms with Crippen molar-refractivity contribution in [3.05, 3.63) is 133 Å². The van der Waals surface area contributed by atoms with Gasteiger partial charge >= 0.3 is 5.97 Å². The fraction of sp³-hybridized carbons (Fsp3) is 0.282. The number of para-hydroxylation sites is 1. The second kappa shape index (κ2) is 13.8. The number of aromatic nitrogens is 2. The first kappa shape index (κ1) is 36.2. The van der Waals surface area contributed by atoms with Crippen molar-refractivity contribution in [2.75, 3.05) is 26.2 Å². The second-order valence-electron chi connectivity index (χ2n) is 13.8. The number of carbonyl (C=O) groups excluding carboxylic acids is 1. The predicted molar refractivity (Wildman–Crippen MR) is 199 cm³/mol. The number of benzene rings is 3. The first-order valence-corrected chi connectivity index (χ1v) is 19.2. The topological polar surface area (TPSA) is 178 Å². The number of nitrogens with zero attached hydrogens (tertiary/aromatic N) is 6. The third kappa shape index (κ3) is 6.45. The molecule has 3 aromatic carbocycles. The highest BCUT2D eigenvalue weighted by Gasteiger charge is 2.45. The van der Waals surface area contributed by atoms with Crippen LogP contribution >= 0.6 is 0 Å². The Morgan fingerprint density at radius 3 is 2.42 bits per heavy atom. The molecule has 0 unspecified atom stereocenters. The standard InChI is InChI=1S/C39H35FN6O8S/c1-2-39(49)32-20-34-36-30(22-45(34)37(47)31(32)23-54-38(39)48)29(28-5-3-4-6-33(28)41-36)21-43-15-17-44(18-16-43)35(19-24-7-9-25(40)10-8-24)42-55(52,53)27-13-11-26(12-14-27)46(50)51/h3-14,20,49H,2,15-19,21-23H2,1H3/t39-/m0/s1. The third-order valence-electron chi connectivity index (χ3n) is 10.7. The van der Waals surface area contributed by atoms with Crippen LogP contribution in [0, 0.1) is 15.9 Å². The van der Waals surface area contributed by atoms with Gasteiger partial charge in [0.1, 0.15) is 18.3 Å². The summed E-state index contributed by atoms with van der Waals surface area (Å²) in [6, 6.07) is 19.7. The molecule has 0 aliphatic carbocycles. The molecule has 0 bridgehead atoms. The lowest BCUT2D eigenvalue weighted by Gasteiger charge is -2.37. The van der Waals surface area contributed by atoms with E-state index in [4.69, 9.17) is 9.72 Å². The number of fused-ring (bicyclic) bond motifs is 5.